The smallest absolute Gasteiger partial charge is 0.332 e. The summed E-state index contributed by atoms with van der Waals surface area (Å²) in [6.45, 7) is 0. The predicted molar refractivity (Wildman–Crippen MR) is 91.9 cm³/mol. The van der Waals surface area contributed by atoms with Crippen molar-refractivity contribution in [2.45, 2.75) is 6.42 Å². The number of Topliss-reactive ketones (excluding diaryl/α,β-unsaturated/α-hetero) is 1. The topological polar surface area (TPSA) is 80.4 Å². The number of hydrogen-bond donors (Lipinski definition) is 2. The number of nitrogen functional groups attached to an aromatic ring is 1. The second-order valence-electron chi connectivity index (χ2n) is 4.84. The molecule has 0 saturated heterocycles. The Kier molecular flexibility index (Phi) is 5.42. The van der Waals surface area contributed by atoms with Crippen LogP contribution >= 0.6 is 23.2 Å². The fraction of sp³-hybridized carbons (Fsp3) is 0.0588. The first-order valence-corrected chi connectivity index (χ1v) is 7.40. The number of benzene rings is 2. The van der Waals surface area contributed by atoms with Crippen molar-refractivity contribution in [3.05, 3.63) is 69.2 Å². The zero-order chi connectivity index (χ0) is 17.0. The Balaban J connectivity index is 2.31. The van der Waals surface area contributed by atoms with Crippen molar-refractivity contribution in [2.24, 2.45) is 0 Å². The van der Waals surface area contributed by atoms with Crippen LogP contribution in [0, 0.1) is 0 Å². The third-order valence-corrected chi connectivity index (χ3v) is 3.77. The molecule has 0 amide bonds. The van der Waals surface area contributed by atoms with Crippen LogP contribution in [0.3, 0.4) is 0 Å². The molecule has 4 nitrogen and oxygen atoms in total. The number of anilines is 1. The van der Waals surface area contributed by atoms with Gasteiger partial charge in [-0.25, -0.2) is 4.79 Å². The largest absolute Gasteiger partial charge is 0.478 e. The van der Waals surface area contributed by atoms with Crippen LogP contribution in [-0.4, -0.2) is 16.9 Å². The number of nitrogens with two attached hydrogens (primary N) is 1. The minimum absolute atomic E-state index is 0.0595. The molecule has 0 saturated carbocycles. The van der Waals surface area contributed by atoms with Gasteiger partial charge in [0.1, 0.15) is 0 Å². The molecule has 2 aromatic carbocycles. The fourth-order valence-electron chi connectivity index (χ4n) is 2.01. The first kappa shape index (κ1) is 17.1. The molecule has 0 aliphatic heterocycles. The SMILES string of the molecule is Nc1ccc(C=C(CC(=O)c2c(Cl)cccc2Cl)C(=O)O)cc1. The molecule has 6 heteroatoms. The van der Waals surface area contributed by atoms with Gasteiger partial charge in [-0.2, -0.15) is 0 Å². The second-order valence-corrected chi connectivity index (χ2v) is 5.65. The number of hydrogen-bond acceptors (Lipinski definition) is 3. The first-order chi connectivity index (χ1) is 10.9. The van der Waals surface area contributed by atoms with Gasteiger partial charge >= 0.3 is 5.97 Å². The number of aliphatic carboxylic acids is 1. The van der Waals surface area contributed by atoms with E-state index in [0.29, 0.717) is 11.3 Å². The van der Waals surface area contributed by atoms with Crippen molar-refractivity contribution in [2.75, 3.05) is 5.73 Å². The van der Waals surface area contributed by atoms with Gasteiger partial charge < -0.3 is 10.8 Å². The third kappa shape index (κ3) is 4.34. The lowest BCUT2D eigenvalue weighted by atomic mass is 10.0. The van der Waals surface area contributed by atoms with E-state index in [4.69, 9.17) is 28.9 Å². The van der Waals surface area contributed by atoms with Crippen LogP contribution in [0.15, 0.2) is 48.0 Å². The van der Waals surface area contributed by atoms with Gasteiger partial charge in [-0.15, -0.1) is 0 Å². The van der Waals surface area contributed by atoms with Crippen LogP contribution in [0.5, 0.6) is 0 Å². The Hall–Kier alpha value is -2.30. The minimum atomic E-state index is -1.18. The third-order valence-electron chi connectivity index (χ3n) is 3.14. The Morgan fingerprint density at radius 2 is 1.61 bits per heavy atom. The molecule has 2 aromatic rings. The van der Waals surface area contributed by atoms with E-state index in [9.17, 15) is 14.7 Å². The molecule has 0 unspecified atom stereocenters. The average molecular weight is 350 g/mol. The van der Waals surface area contributed by atoms with E-state index < -0.39 is 11.8 Å². The molecule has 2 rings (SSSR count). The number of carbonyl (C=O) groups excluding carboxylic acids is 1. The minimum Gasteiger partial charge on any atom is -0.478 e. The normalized spacial score (nSPS) is 11.3. The number of ketones is 1. The highest BCUT2D eigenvalue weighted by Crippen LogP contribution is 2.27. The van der Waals surface area contributed by atoms with Crippen LogP contribution in [0.1, 0.15) is 22.3 Å². The molecule has 0 heterocycles. The van der Waals surface area contributed by atoms with E-state index in [2.05, 4.69) is 0 Å². The molecule has 0 aromatic heterocycles. The Morgan fingerprint density at radius 3 is 2.13 bits per heavy atom. The summed E-state index contributed by atoms with van der Waals surface area (Å²) in [5.74, 6) is -1.64. The molecule has 118 valence electrons. The lowest BCUT2D eigenvalue weighted by molar-refractivity contribution is -0.132. The van der Waals surface area contributed by atoms with Crippen molar-refractivity contribution >= 4 is 46.7 Å². The van der Waals surface area contributed by atoms with Gasteiger partial charge in [-0.1, -0.05) is 41.4 Å². The Labute approximate surface area is 143 Å². The molecule has 3 N–H and O–H groups in total. The number of carboxylic acid groups (broad SMARTS) is 1. The van der Waals surface area contributed by atoms with Crippen LogP contribution in [-0.2, 0) is 4.79 Å². The second kappa shape index (κ2) is 7.31. The lowest BCUT2D eigenvalue weighted by Gasteiger charge is -2.07. The summed E-state index contributed by atoms with van der Waals surface area (Å²) >= 11 is 12.0. The number of carboxylic acids is 1. The van der Waals surface area contributed by atoms with Gasteiger partial charge in [0.25, 0.3) is 0 Å². The monoisotopic (exact) mass is 349 g/mol. The van der Waals surface area contributed by atoms with Crippen molar-refractivity contribution in [1.29, 1.82) is 0 Å². The van der Waals surface area contributed by atoms with Gasteiger partial charge in [0.2, 0.25) is 0 Å². The van der Waals surface area contributed by atoms with E-state index in [-0.39, 0.29) is 27.6 Å². The summed E-state index contributed by atoms with van der Waals surface area (Å²) in [4.78, 5) is 23.7. The lowest BCUT2D eigenvalue weighted by Crippen LogP contribution is -2.09. The molecule has 0 spiro atoms. The summed E-state index contributed by atoms with van der Waals surface area (Å²) in [6.07, 6.45) is 1.10. The summed E-state index contributed by atoms with van der Waals surface area (Å²) in [6, 6.07) is 11.3. The maximum atomic E-state index is 12.4. The summed E-state index contributed by atoms with van der Waals surface area (Å²) in [7, 11) is 0. The molecule has 23 heavy (non-hydrogen) atoms. The van der Waals surface area contributed by atoms with E-state index in [1.165, 1.54) is 18.2 Å². The van der Waals surface area contributed by atoms with Crippen molar-refractivity contribution in [3.63, 3.8) is 0 Å². The van der Waals surface area contributed by atoms with Crippen LogP contribution in [0.2, 0.25) is 10.0 Å². The van der Waals surface area contributed by atoms with E-state index >= 15 is 0 Å². The van der Waals surface area contributed by atoms with E-state index in [1.54, 1.807) is 30.3 Å². The quantitative estimate of drug-likeness (QED) is 0.478. The molecular formula is C17H13Cl2NO3. The standard InChI is InChI=1S/C17H13Cl2NO3/c18-13-2-1-3-14(19)16(13)15(21)9-11(17(22)23)8-10-4-6-12(20)7-5-10/h1-8H,9,20H2,(H,22,23). The number of rotatable bonds is 5. The number of halogens is 2. The van der Waals surface area contributed by atoms with Gasteiger partial charge in [-0.05, 0) is 35.9 Å². The Morgan fingerprint density at radius 1 is 1.04 bits per heavy atom. The van der Waals surface area contributed by atoms with Crippen molar-refractivity contribution < 1.29 is 14.7 Å². The predicted octanol–water partition coefficient (Wildman–Crippen LogP) is 4.32. The molecule has 0 atom stereocenters. The van der Waals surface area contributed by atoms with Gasteiger partial charge in [0.05, 0.1) is 15.6 Å². The van der Waals surface area contributed by atoms with Crippen molar-refractivity contribution in [3.8, 4) is 0 Å². The fourth-order valence-corrected chi connectivity index (χ4v) is 2.62. The highest BCUT2D eigenvalue weighted by atomic mass is 35.5. The first-order valence-electron chi connectivity index (χ1n) is 6.65. The number of carbonyl (C=O) groups is 2. The highest BCUT2D eigenvalue weighted by Gasteiger charge is 2.19. The molecular weight excluding hydrogens is 337 g/mol. The van der Waals surface area contributed by atoms with Gasteiger partial charge in [0.15, 0.2) is 5.78 Å². The van der Waals surface area contributed by atoms with E-state index in [1.807, 2.05) is 0 Å². The molecule has 0 fully saturated rings. The summed E-state index contributed by atoms with van der Waals surface area (Å²) in [5, 5.41) is 9.70. The van der Waals surface area contributed by atoms with Gasteiger partial charge in [-0.3, -0.25) is 4.79 Å². The molecule has 0 bridgehead atoms. The van der Waals surface area contributed by atoms with Crippen molar-refractivity contribution in [1.82, 2.24) is 0 Å². The molecule has 0 aliphatic rings. The zero-order valence-corrected chi connectivity index (χ0v) is 13.4. The maximum absolute atomic E-state index is 12.4. The summed E-state index contributed by atoms with van der Waals surface area (Å²) in [5.41, 5.74) is 6.85. The van der Waals surface area contributed by atoms with E-state index in [0.717, 1.165) is 0 Å². The Bertz CT molecular complexity index is 763. The average Bonchev–Trinajstić information content (AvgIpc) is 2.48. The summed E-state index contributed by atoms with van der Waals surface area (Å²) < 4.78 is 0. The van der Waals surface area contributed by atoms with Crippen LogP contribution in [0.4, 0.5) is 5.69 Å². The van der Waals surface area contributed by atoms with Crippen LogP contribution in [0.25, 0.3) is 6.08 Å². The van der Waals surface area contributed by atoms with Crippen LogP contribution < -0.4 is 5.73 Å². The molecule has 0 radical (unpaired) electrons. The molecule has 0 aliphatic carbocycles. The van der Waals surface area contributed by atoms with Gasteiger partial charge in [0, 0.05) is 17.7 Å². The maximum Gasteiger partial charge on any atom is 0.332 e. The highest BCUT2D eigenvalue weighted by molar-refractivity contribution is 6.40. The zero-order valence-electron chi connectivity index (χ0n) is 11.9.